The summed E-state index contributed by atoms with van der Waals surface area (Å²) in [6.07, 6.45) is 0. The SMILES string of the molecule is O=C(Nc1nc2ccc(NS(=O)(=O)c3cccc(Cl)c3)cc2s1)c1ccccc1. The zero-order valence-corrected chi connectivity index (χ0v) is 17.2. The van der Waals surface area contributed by atoms with Gasteiger partial charge in [0.2, 0.25) is 0 Å². The van der Waals surface area contributed by atoms with Crippen LogP contribution < -0.4 is 10.0 Å². The Bertz CT molecular complexity index is 1310. The smallest absolute Gasteiger partial charge is 0.261 e. The summed E-state index contributed by atoms with van der Waals surface area (Å²) in [5.74, 6) is -0.258. The normalized spacial score (nSPS) is 11.3. The molecule has 0 bridgehead atoms. The Balaban J connectivity index is 1.56. The van der Waals surface area contributed by atoms with Gasteiger partial charge in [0.1, 0.15) is 0 Å². The van der Waals surface area contributed by atoms with Crippen molar-refractivity contribution in [1.82, 2.24) is 4.98 Å². The van der Waals surface area contributed by atoms with E-state index in [4.69, 9.17) is 11.6 Å². The van der Waals surface area contributed by atoms with Crippen molar-refractivity contribution in [3.63, 3.8) is 0 Å². The third-order valence-corrected chi connectivity index (χ3v) is 6.55. The second-order valence-corrected chi connectivity index (χ2v) is 9.23. The van der Waals surface area contributed by atoms with Crippen LogP contribution in [0.2, 0.25) is 5.02 Å². The van der Waals surface area contributed by atoms with Crippen LogP contribution in [-0.4, -0.2) is 19.3 Å². The fraction of sp³-hybridized carbons (Fsp3) is 0. The number of amides is 1. The van der Waals surface area contributed by atoms with Gasteiger partial charge in [0.25, 0.3) is 15.9 Å². The van der Waals surface area contributed by atoms with Gasteiger partial charge in [0.15, 0.2) is 5.13 Å². The van der Waals surface area contributed by atoms with Crippen molar-refractivity contribution in [2.45, 2.75) is 4.90 Å². The fourth-order valence-corrected chi connectivity index (χ4v) is 4.90. The van der Waals surface area contributed by atoms with Crippen molar-refractivity contribution in [1.29, 1.82) is 0 Å². The van der Waals surface area contributed by atoms with Crippen molar-refractivity contribution in [3.05, 3.63) is 83.4 Å². The van der Waals surface area contributed by atoms with Crippen LogP contribution in [0.3, 0.4) is 0 Å². The molecule has 3 aromatic carbocycles. The molecule has 146 valence electrons. The molecule has 29 heavy (non-hydrogen) atoms. The van der Waals surface area contributed by atoms with E-state index in [9.17, 15) is 13.2 Å². The first kappa shape index (κ1) is 19.4. The Kier molecular flexibility index (Phi) is 5.23. The first-order valence-electron chi connectivity index (χ1n) is 8.46. The molecule has 0 saturated heterocycles. The molecule has 1 heterocycles. The number of anilines is 2. The number of nitrogens with zero attached hydrogens (tertiary/aromatic N) is 1. The predicted molar refractivity (Wildman–Crippen MR) is 116 cm³/mol. The molecule has 0 unspecified atom stereocenters. The second-order valence-electron chi connectivity index (χ2n) is 6.08. The molecule has 0 aliphatic heterocycles. The molecule has 1 amide bonds. The molecule has 0 aliphatic carbocycles. The maximum atomic E-state index is 12.6. The highest BCUT2D eigenvalue weighted by Crippen LogP contribution is 2.29. The number of aromatic nitrogens is 1. The molecule has 0 radical (unpaired) electrons. The lowest BCUT2D eigenvalue weighted by molar-refractivity contribution is 0.102. The highest BCUT2D eigenvalue weighted by molar-refractivity contribution is 7.92. The molecule has 1 aromatic heterocycles. The predicted octanol–water partition coefficient (Wildman–Crippen LogP) is 5.00. The van der Waals surface area contributed by atoms with E-state index in [2.05, 4.69) is 15.0 Å². The van der Waals surface area contributed by atoms with Gasteiger partial charge in [-0.15, -0.1) is 0 Å². The lowest BCUT2D eigenvalue weighted by Gasteiger charge is -2.08. The van der Waals surface area contributed by atoms with Crippen molar-refractivity contribution in [2.75, 3.05) is 10.0 Å². The molecule has 0 atom stereocenters. The van der Waals surface area contributed by atoms with Crippen molar-refractivity contribution in [2.24, 2.45) is 0 Å². The molecular formula is C20H14ClN3O3S2. The van der Waals surface area contributed by atoms with Crippen LogP contribution in [-0.2, 0) is 10.0 Å². The maximum absolute atomic E-state index is 12.6. The summed E-state index contributed by atoms with van der Waals surface area (Å²) in [4.78, 5) is 16.7. The number of hydrogen-bond donors (Lipinski definition) is 2. The Hall–Kier alpha value is -2.94. The van der Waals surface area contributed by atoms with Gasteiger partial charge in [-0.1, -0.05) is 47.2 Å². The van der Waals surface area contributed by atoms with E-state index in [0.717, 1.165) is 4.70 Å². The Labute approximate surface area is 176 Å². The number of benzene rings is 3. The van der Waals surface area contributed by atoms with Gasteiger partial charge < -0.3 is 0 Å². The minimum absolute atomic E-state index is 0.0743. The van der Waals surface area contributed by atoms with Gasteiger partial charge in [-0.3, -0.25) is 14.8 Å². The molecule has 0 spiro atoms. The zero-order chi connectivity index (χ0) is 20.4. The summed E-state index contributed by atoms with van der Waals surface area (Å²) in [5.41, 5.74) is 1.58. The van der Waals surface area contributed by atoms with E-state index in [1.54, 1.807) is 54.6 Å². The van der Waals surface area contributed by atoms with E-state index < -0.39 is 10.0 Å². The fourth-order valence-electron chi connectivity index (χ4n) is 2.65. The molecule has 0 fully saturated rings. The molecule has 6 nitrogen and oxygen atoms in total. The lowest BCUT2D eigenvalue weighted by atomic mass is 10.2. The number of carbonyl (C=O) groups excluding carboxylic acids is 1. The summed E-state index contributed by atoms with van der Waals surface area (Å²) >= 11 is 7.15. The number of fused-ring (bicyclic) bond motifs is 1. The van der Waals surface area contributed by atoms with Crippen LogP contribution in [0.1, 0.15) is 10.4 Å². The van der Waals surface area contributed by atoms with Crippen molar-refractivity contribution in [3.8, 4) is 0 Å². The van der Waals surface area contributed by atoms with Crippen LogP contribution in [0.25, 0.3) is 10.2 Å². The van der Waals surface area contributed by atoms with Gasteiger partial charge in [-0.25, -0.2) is 13.4 Å². The summed E-state index contributed by atoms with van der Waals surface area (Å²) in [5, 5.41) is 3.53. The standard InChI is InChI=1S/C20H14ClN3O3S2/c21-14-7-4-8-16(11-14)29(26,27)24-15-9-10-17-18(12-15)28-20(22-17)23-19(25)13-5-2-1-3-6-13/h1-12,24H,(H,22,23,25). The highest BCUT2D eigenvalue weighted by Gasteiger charge is 2.16. The average Bonchev–Trinajstić information content (AvgIpc) is 3.10. The van der Waals surface area contributed by atoms with Crippen LogP contribution in [0.5, 0.6) is 0 Å². The third kappa shape index (κ3) is 4.40. The Morgan fingerprint density at radius 2 is 1.76 bits per heavy atom. The van der Waals surface area contributed by atoms with Crippen molar-refractivity contribution >= 4 is 59.9 Å². The van der Waals surface area contributed by atoms with Gasteiger partial charge in [0, 0.05) is 10.6 Å². The molecule has 4 aromatic rings. The van der Waals surface area contributed by atoms with Crippen molar-refractivity contribution < 1.29 is 13.2 Å². The van der Waals surface area contributed by atoms with Crippen LogP contribution in [0, 0.1) is 0 Å². The van der Waals surface area contributed by atoms with Crippen LogP contribution >= 0.6 is 22.9 Å². The molecule has 2 N–H and O–H groups in total. The van der Waals surface area contributed by atoms with Crippen LogP contribution in [0.15, 0.2) is 77.7 Å². The number of rotatable bonds is 5. The molecule has 0 aliphatic rings. The molecule has 0 saturated carbocycles. The summed E-state index contributed by atoms with van der Waals surface area (Å²) in [6, 6.07) is 19.8. The quantitative estimate of drug-likeness (QED) is 0.454. The number of nitrogens with one attached hydrogen (secondary N) is 2. The summed E-state index contributed by atoms with van der Waals surface area (Å²) < 4.78 is 28.4. The van der Waals surface area contributed by atoms with E-state index in [1.165, 1.54) is 23.5 Å². The average molecular weight is 444 g/mol. The van der Waals surface area contributed by atoms with Gasteiger partial charge in [0.05, 0.1) is 20.8 Å². The number of hydrogen-bond acceptors (Lipinski definition) is 5. The van der Waals surface area contributed by atoms with E-state index in [1.807, 2.05) is 6.07 Å². The number of sulfonamides is 1. The highest BCUT2D eigenvalue weighted by atomic mass is 35.5. The van der Waals surface area contributed by atoms with Gasteiger partial charge in [-0.05, 0) is 48.5 Å². The minimum Gasteiger partial charge on any atom is -0.298 e. The maximum Gasteiger partial charge on any atom is 0.261 e. The van der Waals surface area contributed by atoms with E-state index in [0.29, 0.717) is 26.9 Å². The summed E-state index contributed by atoms with van der Waals surface area (Å²) in [6.45, 7) is 0. The van der Waals surface area contributed by atoms with E-state index >= 15 is 0 Å². The van der Waals surface area contributed by atoms with Crippen LogP contribution in [0.4, 0.5) is 10.8 Å². The monoisotopic (exact) mass is 443 g/mol. The lowest BCUT2D eigenvalue weighted by Crippen LogP contribution is -2.12. The molecular weight excluding hydrogens is 430 g/mol. The zero-order valence-electron chi connectivity index (χ0n) is 14.8. The number of carbonyl (C=O) groups is 1. The van der Waals surface area contributed by atoms with Gasteiger partial charge >= 0.3 is 0 Å². The van der Waals surface area contributed by atoms with Gasteiger partial charge in [-0.2, -0.15) is 0 Å². The minimum atomic E-state index is -3.77. The number of halogens is 1. The van der Waals surface area contributed by atoms with E-state index in [-0.39, 0.29) is 10.8 Å². The second kappa shape index (κ2) is 7.82. The molecule has 4 rings (SSSR count). The number of thiazole rings is 1. The first-order valence-corrected chi connectivity index (χ1v) is 11.1. The topological polar surface area (TPSA) is 88.2 Å². The Morgan fingerprint density at radius 3 is 2.52 bits per heavy atom. The summed E-state index contributed by atoms with van der Waals surface area (Å²) in [7, 11) is -3.77. The largest absolute Gasteiger partial charge is 0.298 e. The molecule has 9 heteroatoms. The first-order chi connectivity index (χ1) is 13.9. The third-order valence-electron chi connectivity index (χ3n) is 4.00. The Morgan fingerprint density at radius 1 is 0.966 bits per heavy atom.